The van der Waals surface area contributed by atoms with Crippen LogP contribution >= 0.6 is 0 Å². The van der Waals surface area contributed by atoms with Gasteiger partial charge in [0, 0.05) is 46.9 Å². The summed E-state index contributed by atoms with van der Waals surface area (Å²) < 4.78 is 20.3. The van der Waals surface area contributed by atoms with E-state index in [0.717, 1.165) is 39.6 Å². The molecule has 0 unspecified atom stereocenters. The molecule has 0 spiro atoms. The molecule has 0 aliphatic heterocycles. The van der Waals surface area contributed by atoms with E-state index in [1.165, 1.54) is 18.3 Å². The number of pyridine rings is 3. The molecule has 38 heavy (non-hydrogen) atoms. The van der Waals surface area contributed by atoms with Gasteiger partial charge in [-0.15, -0.1) is 0 Å². The Kier molecular flexibility index (Phi) is 5.93. The van der Waals surface area contributed by atoms with E-state index in [-0.39, 0.29) is 11.6 Å². The van der Waals surface area contributed by atoms with Crippen LogP contribution in [-0.4, -0.2) is 67.4 Å². The van der Waals surface area contributed by atoms with Gasteiger partial charge in [-0.2, -0.15) is 5.10 Å². The van der Waals surface area contributed by atoms with E-state index in [9.17, 15) is 9.50 Å². The lowest BCUT2D eigenvalue weighted by Crippen LogP contribution is -2.19. The van der Waals surface area contributed by atoms with E-state index in [2.05, 4.69) is 30.1 Å². The summed E-state index contributed by atoms with van der Waals surface area (Å²) in [6, 6.07) is 10.2. The van der Waals surface area contributed by atoms with E-state index in [0.29, 0.717) is 34.9 Å². The third kappa shape index (κ3) is 4.53. The van der Waals surface area contributed by atoms with Gasteiger partial charge in [0.25, 0.3) is 0 Å². The SMILES string of the molecule is CN(C)CCOc1cc(F)cc(-c2cncc3[nH]c(-c4n[nH]c5cnc(-c6cncc(O)c6)cc45)cc23)c1. The first-order valence-electron chi connectivity index (χ1n) is 12.0. The smallest absolute Gasteiger partial charge is 0.134 e. The molecule has 6 aromatic rings. The number of fused-ring (bicyclic) bond motifs is 2. The van der Waals surface area contributed by atoms with Crippen molar-refractivity contribution in [1.82, 2.24) is 35.0 Å². The number of benzene rings is 1. The van der Waals surface area contributed by atoms with Gasteiger partial charge >= 0.3 is 0 Å². The Bertz CT molecular complexity index is 1780. The summed E-state index contributed by atoms with van der Waals surface area (Å²) >= 11 is 0. The highest BCUT2D eigenvalue weighted by atomic mass is 19.1. The fourth-order valence-corrected chi connectivity index (χ4v) is 4.40. The zero-order chi connectivity index (χ0) is 26.2. The average Bonchev–Trinajstić information content (AvgIpc) is 3.51. The summed E-state index contributed by atoms with van der Waals surface area (Å²) in [7, 11) is 3.92. The van der Waals surface area contributed by atoms with Crippen LogP contribution < -0.4 is 4.74 Å². The molecular formula is C28H24FN7O2. The van der Waals surface area contributed by atoms with Crippen LogP contribution in [0.5, 0.6) is 11.5 Å². The summed E-state index contributed by atoms with van der Waals surface area (Å²) in [6.45, 7) is 1.18. The van der Waals surface area contributed by atoms with Crippen LogP contribution in [0.1, 0.15) is 0 Å². The number of nitrogens with one attached hydrogen (secondary N) is 2. The van der Waals surface area contributed by atoms with E-state index in [4.69, 9.17) is 4.74 Å². The highest BCUT2D eigenvalue weighted by Gasteiger charge is 2.16. The Morgan fingerprint density at radius 2 is 1.76 bits per heavy atom. The fraction of sp³-hybridized carbons (Fsp3) is 0.143. The molecule has 0 fully saturated rings. The zero-order valence-corrected chi connectivity index (χ0v) is 20.7. The molecule has 0 aliphatic rings. The molecule has 0 saturated carbocycles. The normalized spacial score (nSPS) is 11.6. The van der Waals surface area contributed by atoms with Gasteiger partial charge in [0.05, 0.1) is 41.0 Å². The molecule has 6 rings (SSSR count). The molecule has 10 heteroatoms. The van der Waals surface area contributed by atoms with Crippen LogP contribution in [-0.2, 0) is 0 Å². The van der Waals surface area contributed by atoms with Gasteiger partial charge < -0.3 is 19.7 Å². The number of aromatic hydroxyl groups is 1. The lowest BCUT2D eigenvalue weighted by Gasteiger charge is -2.12. The molecule has 0 radical (unpaired) electrons. The summed E-state index contributed by atoms with van der Waals surface area (Å²) in [5.74, 6) is 0.153. The molecule has 0 bridgehead atoms. The lowest BCUT2D eigenvalue weighted by atomic mass is 10.0. The summed E-state index contributed by atoms with van der Waals surface area (Å²) in [4.78, 5) is 18.3. The molecule has 5 heterocycles. The van der Waals surface area contributed by atoms with Gasteiger partial charge in [-0.1, -0.05) is 0 Å². The molecule has 0 atom stereocenters. The quantitative estimate of drug-likeness (QED) is 0.277. The van der Waals surface area contributed by atoms with Crippen molar-refractivity contribution in [1.29, 1.82) is 0 Å². The first-order valence-corrected chi connectivity index (χ1v) is 12.0. The first kappa shape index (κ1) is 23.6. The van der Waals surface area contributed by atoms with Gasteiger partial charge in [-0.05, 0) is 50.0 Å². The van der Waals surface area contributed by atoms with E-state index in [1.54, 1.807) is 30.9 Å². The first-order chi connectivity index (χ1) is 18.4. The predicted molar refractivity (Wildman–Crippen MR) is 143 cm³/mol. The number of H-pyrrole nitrogens is 2. The van der Waals surface area contributed by atoms with E-state index >= 15 is 0 Å². The molecule has 5 aromatic heterocycles. The van der Waals surface area contributed by atoms with Crippen LogP contribution in [0, 0.1) is 5.82 Å². The Hall–Kier alpha value is -4.83. The van der Waals surface area contributed by atoms with Crippen LogP contribution in [0.2, 0.25) is 0 Å². The summed E-state index contributed by atoms with van der Waals surface area (Å²) in [5.41, 5.74) is 5.81. The average molecular weight is 510 g/mol. The standard InChI is InChI=1S/C28H24FN7O2/c1-36(2)3-4-38-20-7-16(5-18(29)8-20)23-13-31-14-26-21(23)9-25(33-26)28-22-10-24(32-15-27(22)34-35-28)17-6-19(37)12-30-11-17/h5-15,33,37H,3-4H2,1-2H3,(H,34,35). The number of ether oxygens (including phenoxy) is 1. The molecule has 9 nitrogen and oxygen atoms in total. The van der Waals surface area contributed by atoms with Gasteiger partial charge in [-0.25, -0.2) is 4.39 Å². The van der Waals surface area contributed by atoms with Gasteiger partial charge in [0.15, 0.2) is 0 Å². The lowest BCUT2D eigenvalue weighted by molar-refractivity contribution is 0.260. The second kappa shape index (κ2) is 9.56. The second-order valence-electron chi connectivity index (χ2n) is 9.28. The third-order valence-electron chi connectivity index (χ3n) is 6.26. The summed E-state index contributed by atoms with van der Waals surface area (Å²) in [6.07, 6.45) is 8.17. The maximum absolute atomic E-state index is 14.5. The molecule has 0 amide bonds. The third-order valence-corrected chi connectivity index (χ3v) is 6.26. The number of halogens is 1. The Balaban J connectivity index is 1.40. The van der Waals surface area contributed by atoms with Crippen LogP contribution in [0.4, 0.5) is 4.39 Å². The maximum atomic E-state index is 14.5. The van der Waals surface area contributed by atoms with Gasteiger partial charge in [0.2, 0.25) is 0 Å². The number of aromatic nitrogens is 6. The van der Waals surface area contributed by atoms with Crippen molar-refractivity contribution in [3.63, 3.8) is 0 Å². The van der Waals surface area contributed by atoms with Crippen molar-refractivity contribution in [2.75, 3.05) is 27.2 Å². The van der Waals surface area contributed by atoms with Gasteiger partial charge in [-0.3, -0.25) is 20.1 Å². The van der Waals surface area contributed by atoms with Crippen LogP contribution in [0.25, 0.3) is 55.6 Å². The topological polar surface area (TPSA) is 116 Å². The monoisotopic (exact) mass is 509 g/mol. The molecular weight excluding hydrogens is 485 g/mol. The van der Waals surface area contributed by atoms with Crippen molar-refractivity contribution in [2.45, 2.75) is 0 Å². The van der Waals surface area contributed by atoms with Crippen molar-refractivity contribution < 1.29 is 14.2 Å². The minimum absolute atomic E-state index is 0.0658. The largest absolute Gasteiger partial charge is 0.506 e. The van der Waals surface area contributed by atoms with Crippen molar-refractivity contribution in [3.05, 3.63) is 73.2 Å². The molecule has 0 aliphatic carbocycles. The number of hydrogen-bond acceptors (Lipinski definition) is 7. The van der Waals surface area contributed by atoms with Crippen molar-refractivity contribution in [2.24, 2.45) is 0 Å². The molecule has 1 aromatic carbocycles. The number of nitrogens with zero attached hydrogens (tertiary/aromatic N) is 5. The van der Waals surface area contributed by atoms with E-state index in [1.807, 2.05) is 37.2 Å². The highest BCUT2D eigenvalue weighted by Crippen LogP contribution is 2.35. The highest BCUT2D eigenvalue weighted by molar-refractivity contribution is 6.01. The second-order valence-corrected chi connectivity index (χ2v) is 9.28. The summed E-state index contributed by atoms with van der Waals surface area (Å²) in [5, 5.41) is 19.1. The molecule has 3 N–H and O–H groups in total. The van der Waals surface area contributed by atoms with E-state index < -0.39 is 0 Å². The van der Waals surface area contributed by atoms with Crippen molar-refractivity contribution >= 4 is 21.8 Å². The number of rotatable bonds is 7. The Morgan fingerprint density at radius 3 is 2.61 bits per heavy atom. The number of aromatic amines is 2. The van der Waals surface area contributed by atoms with Crippen molar-refractivity contribution in [3.8, 4) is 45.3 Å². The maximum Gasteiger partial charge on any atom is 0.134 e. The zero-order valence-electron chi connectivity index (χ0n) is 20.7. The predicted octanol–water partition coefficient (Wildman–Crippen LogP) is 5.02. The Labute approximate surface area is 217 Å². The van der Waals surface area contributed by atoms with Gasteiger partial charge in [0.1, 0.15) is 29.6 Å². The van der Waals surface area contributed by atoms with Crippen LogP contribution in [0.3, 0.4) is 0 Å². The number of likely N-dealkylation sites (N-methyl/N-ethyl adjacent to an activating group) is 1. The Morgan fingerprint density at radius 1 is 0.895 bits per heavy atom. The minimum atomic E-state index is -0.380. The fourth-order valence-electron chi connectivity index (χ4n) is 4.40. The number of hydrogen-bond donors (Lipinski definition) is 3. The molecule has 190 valence electrons. The minimum Gasteiger partial charge on any atom is -0.506 e. The van der Waals surface area contributed by atoms with Crippen LogP contribution in [0.15, 0.2) is 67.4 Å². The molecule has 0 saturated heterocycles.